The van der Waals surface area contributed by atoms with Crippen LogP contribution in [0.1, 0.15) is 13.8 Å². The smallest absolute Gasteiger partial charge is 0.258 e. The van der Waals surface area contributed by atoms with Crippen LogP contribution in [0.15, 0.2) is 76.6 Å². The van der Waals surface area contributed by atoms with E-state index >= 15 is 0 Å². The van der Waals surface area contributed by atoms with Gasteiger partial charge in [0.1, 0.15) is 5.84 Å². The predicted molar refractivity (Wildman–Crippen MR) is 98.1 cm³/mol. The monoisotopic (exact) mass is 325 g/mol. The van der Waals surface area contributed by atoms with E-state index in [1.807, 2.05) is 68.4 Å². The Morgan fingerprint density at radius 2 is 1.74 bits per heavy atom. The molecule has 0 aromatic heterocycles. The number of fused-ring (bicyclic) bond motifs is 1. The molecule has 2 N–H and O–H groups in total. The van der Waals surface area contributed by atoms with Gasteiger partial charge in [-0.3, -0.25) is 4.79 Å². The molecule has 2 aromatic carbocycles. The number of hydrogen-bond acceptors (Lipinski definition) is 4. The van der Waals surface area contributed by atoms with Gasteiger partial charge in [-0.15, -0.1) is 0 Å². The molecule has 1 aliphatic heterocycles. The first-order chi connectivity index (χ1) is 11.2. The van der Waals surface area contributed by atoms with Crippen LogP contribution in [0.5, 0.6) is 0 Å². The summed E-state index contributed by atoms with van der Waals surface area (Å²) in [7, 11) is 0. The Labute approximate surface area is 140 Å². The lowest BCUT2D eigenvalue weighted by Gasteiger charge is -2.17. The van der Waals surface area contributed by atoms with Crippen LogP contribution in [0.2, 0.25) is 0 Å². The summed E-state index contributed by atoms with van der Waals surface area (Å²) in [5, 5.41) is 2.79. The summed E-state index contributed by atoms with van der Waals surface area (Å²) >= 11 is 1.43. The van der Waals surface area contributed by atoms with Crippen LogP contribution in [0.25, 0.3) is 0 Å². The van der Waals surface area contributed by atoms with E-state index in [9.17, 15) is 4.79 Å². The normalized spacial score (nSPS) is 11.8. The van der Waals surface area contributed by atoms with Crippen molar-refractivity contribution in [1.82, 2.24) is 4.72 Å². The molecule has 0 aliphatic carbocycles. The minimum atomic E-state index is -0.271. The van der Waals surface area contributed by atoms with E-state index in [-0.39, 0.29) is 5.91 Å². The van der Waals surface area contributed by atoms with Gasteiger partial charge in [-0.05, 0) is 36.2 Å². The number of aliphatic imine (C=N–C) groups is 1. The van der Waals surface area contributed by atoms with Crippen LogP contribution in [0.4, 0.5) is 11.4 Å². The Morgan fingerprint density at radius 3 is 2.48 bits per heavy atom. The fourth-order valence-electron chi connectivity index (χ4n) is 1.85. The summed E-state index contributed by atoms with van der Waals surface area (Å²) in [6.45, 7) is 7.83. The Kier molecular flexibility index (Phi) is 6.00. The number of para-hydroxylation sites is 2. The fraction of sp³-hybridized carbons (Fsp3) is 0.111. The molecule has 0 atom stereocenters. The maximum atomic E-state index is 12.2. The highest BCUT2D eigenvalue weighted by molar-refractivity contribution is 7.98. The van der Waals surface area contributed by atoms with Crippen LogP contribution in [0.3, 0.4) is 0 Å². The lowest BCUT2D eigenvalue weighted by atomic mass is 10.2. The maximum Gasteiger partial charge on any atom is 0.258 e. The Bertz CT molecular complexity index is 726. The van der Waals surface area contributed by atoms with Crippen molar-refractivity contribution >= 4 is 35.1 Å². The second-order valence-electron chi connectivity index (χ2n) is 4.43. The highest BCUT2D eigenvalue weighted by Crippen LogP contribution is 2.31. The fourth-order valence-corrected chi connectivity index (χ4v) is 2.59. The molecule has 3 rings (SSSR count). The van der Waals surface area contributed by atoms with Gasteiger partial charge in [-0.25, -0.2) is 4.99 Å². The molecule has 0 spiro atoms. The predicted octanol–water partition coefficient (Wildman–Crippen LogP) is 4.55. The van der Waals surface area contributed by atoms with Gasteiger partial charge in [0.05, 0.1) is 16.2 Å². The molecule has 0 fully saturated rings. The van der Waals surface area contributed by atoms with E-state index in [1.165, 1.54) is 11.9 Å². The minimum absolute atomic E-state index is 0.271. The number of rotatable bonds is 3. The summed E-state index contributed by atoms with van der Waals surface area (Å²) in [5.41, 5.74) is 1.87. The molecule has 118 valence electrons. The van der Waals surface area contributed by atoms with Crippen molar-refractivity contribution < 1.29 is 4.79 Å². The molecular weight excluding hydrogens is 306 g/mol. The molecule has 1 amide bonds. The summed E-state index contributed by atoms with van der Waals surface area (Å²) in [6.07, 6.45) is 0. The van der Waals surface area contributed by atoms with Gasteiger partial charge in [0.25, 0.3) is 5.91 Å². The standard InChI is InChI=1S/C16H13N3OS.C2H6/c1-11(16(20)17-12-7-3-2-4-8-12)15-18-13-9-5-6-10-14(13)21-19-15;1-2/h2-10H,1H2,(H,17,20)(H,18,19);1-2H3. The van der Waals surface area contributed by atoms with E-state index in [0.717, 1.165) is 16.3 Å². The third-order valence-electron chi connectivity index (χ3n) is 2.95. The van der Waals surface area contributed by atoms with Crippen molar-refractivity contribution in [2.24, 2.45) is 4.99 Å². The quantitative estimate of drug-likeness (QED) is 0.643. The number of amides is 1. The Morgan fingerprint density at radius 1 is 1.09 bits per heavy atom. The number of hydrogen-bond donors (Lipinski definition) is 2. The average molecular weight is 325 g/mol. The van der Waals surface area contributed by atoms with E-state index in [1.54, 1.807) is 0 Å². The summed E-state index contributed by atoms with van der Waals surface area (Å²) in [4.78, 5) is 17.6. The van der Waals surface area contributed by atoms with Crippen molar-refractivity contribution in [2.75, 3.05) is 5.32 Å². The third-order valence-corrected chi connectivity index (χ3v) is 3.81. The second-order valence-corrected chi connectivity index (χ2v) is 5.28. The number of benzene rings is 2. The Balaban J connectivity index is 0.000000924. The minimum Gasteiger partial charge on any atom is -0.322 e. The van der Waals surface area contributed by atoms with Gasteiger partial charge in [-0.2, -0.15) is 0 Å². The maximum absolute atomic E-state index is 12.2. The molecule has 5 heteroatoms. The summed E-state index contributed by atoms with van der Waals surface area (Å²) in [5.74, 6) is 0.208. The SMILES string of the molecule is C=C(C(=O)Nc1ccccc1)C1=Nc2ccccc2SN1.CC. The van der Waals surface area contributed by atoms with Crippen LogP contribution < -0.4 is 10.0 Å². The highest BCUT2D eigenvalue weighted by atomic mass is 32.2. The first kappa shape index (κ1) is 16.8. The summed E-state index contributed by atoms with van der Waals surface area (Å²) < 4.78 is 3.05. The van der Waals surface area contributed by atoms with Gasteiger partial charge in [0, 0.05) is 5.69 Å². The lowest BCUT2D eigenvalue weighted by Crippen LogP contribution is -2.28. The van der Waals surface area contributed by atoms with Crippen LogP contribution in [-0.2, 0) is 4.79 Å². The average Bonchev–Trinajstić information content (AvgIpc) is 2.63. The van der Waals surface area contributed by atoms with E-state index < -0.39 is 0 Å². The van der Waals surface area contributed by atoms with Crippen molar-refractivity contribution in [3.05, 3.63) is 66.7 Å². The van der Waals surface area contributed by atoms with Gasteiger partial charge < -0.3 is 10.0 Å². The third kappa shape index (κ3) is 4.23. The van der Waals surface area contributed by atoms with E-state index in [2.05, 4.69) is 21.6 Å². The molecule has 0 radical (unpaired) electrons. The van der Waals surface area contributed by atoms with Gasteiger partial charge in [0.2, 0.25) is 0 Å². The zero-order chi connectivity index (χ0) is 16.7. The van der Waals surface area contributed by atoms with Crippen molar-refractivity contribution in [3.63, 3.8) is 0 Å². The molecule has 1 heterocycles. The first-order valence-electron chi connectivity index (χ1n) is 7.40. The molecule has 4 nitrogen and oxygen atoms in total. The van der Waals surface area contributed by atoms with Gasteiger partial charge in [-0.1, -0.05) is 50.8 Å². The van der Waals surface area contributed by atoms with Crippen LogP contribution >= 0.6 is 11.9 Å². The first-order valence-corrected chi connectivity index (χ1v) is 8.22. The largest absolute Gasteiger partial charge is 0.322 e. The molecule has 1 aliphatic rings. The van der Waals surface area contributed by atoms with E-state index in [4.69, 9.17) is 0 Å². The molecular formula is C18H19N3OS. The topological polar surface area (TPSA) is 53.5 Å². The molecule has 0 unspecified atom stereocenters. The number of carbonyl (C=O) groups is 1. The number of carbonyl (C=O) groups excluding carboxylic acids is 1. The summed E-state index contributed by atoms with van der Waals surface area (Å²) in [6, 6.07) is 17.0. The molecule has 2 aromatic rings. The van der Waals surface area contributed by atoms with Crippen molar-refractivity contribution in [2.45, 2.75) is 18.7 Å². The van der Waals surface area contributed by atoms with Crippen LogP contribution in [-0.4, -0.2) is 11.7 Å². The van der Waals surface area contributed by atoms with Crippen molar-refractivity contribution in [1.29, 1.82) is 0 Å². The Hall–Kier alpha value is -2.53. The molecule has 23 heavy (non-hydrogen) atoms. The molecule has 0 saturated carbocycles. The second kappa shape index (κ2) is 8.19. The zero-order valence-corrected chi connectivity index (χ0v) is 14.0. The zero-order valence-electron chi connectivity index (χ0n) is 13.2. The number of nitrogens with zero attached hydrogens (tertiary/aromatic N) is 1. The lowest BCUT2D eigenvalue weighted by molar-refractivity contribution is -0.112. The number of nitrogens with one attached hydrogen (secondary N) is 2. The highest BCUT2D eigenvalue weighted by Gasteiger charge is 2.18. The van der Waals surface area contributed by atoms with Crippen molar-refractivity contribution in [3.8, 4) is 0 Å². The molecule has 0 saturated heterocycles. The van der Waals surface area contributed by atoms with Crippen LogP contribution in [0, 0.1) is 0 Å². The number of anilines is 1. The number of amidine groups is 1. The van der Waals surface area contributed by atoms with Gasteiger partial charge >= 0.3 is 0 Å². The van der Waals surface area contributed by atoms with Gasteiger partial charge in [0.15, 0.2) is 0 Å². The van der Waals surface area contributed by atoms with E-state index in [0.29, 0.717) is 11.4 Å². The molecule has 0 bridgehead atoms.